The Labute approximate surface area is 163 Å². The number of hydrogen-bond acceptors (Lipinski definition) is 5. The van der Waals surface area contributed by atoms with Crippen molar-refractivity contribution in [2.75, 3.05) is 27.9 Å². The predicted octanol–water partition coefficient (Wildman–Crippen LogP) is 3.06. The van der Waals surface area contributed by atoms with Crippen LogP contribution in [0.1, 0.15) is 11.1 Å². The molecule has 148 valence electrons. The molecule has 0 saturated carbocycles. The molecule has 0 saturated heterocycles. The highest BCUT2D eigenvalue weighted by molar-refractivity contribution is 5.89. The van der Waals surface area contributed by atoms with Gasteiger partial charge >= 0.3 is 5.97 Å². The first kappa shape index (κ1) is 21.0. The number of benzene rings is 2. The molecule has 0 radical (unpaired) electrons. The molecule has 0 aliphatic heterocycles. The molecule has 0 aliphatic rings. The number of esters is 1. The van der Waals surface area contributed by atoms with Crippen LogP contribution in [0, 0.1) is 5.82 Å². The van der Waals surface area contributed by atoms with E-state index in [0.29, 0.717) is 22.6 Å². The molecule has 0 bridgehead atoms. The highest BCUT2D eigenvalue weighted by atomic mass is 19.1. The number of likely N-dealkylation sites (N-methyl/N-ethyl adjacent to an activating group) is 1. The number of amides is 1. The fourth-order valence-corrected chi connectivity index (χ4v) is 2.35. The number of methoxy groups -OCH3 is 2. The summed E-state index contributed by atoms with van der Waals surface area (Å²) in [7, 11) is 4.57. The van der Waals surface area contributed by atoms with Gasteiger partial charge in [0.1, 0.15) is 17.3 Å². The van der Waals surface area contributed by atoms with Crippen LogP contribution in [-0.4, -0.2) is 44.7 Å². The van der Waals surface area contributed by atoms with Gasteiger partial charge in [0.25, 0.3) is 5.91 Å². The van der Waals surface area contributed by atoms with Crippen molar-refractivity contribution in [1.29, 1.82) is 0 Å². The Morgan fingerprint density at radius 3 is 2.32 bits per heavy atom. The first-order chi connectivity index (χ1) is 13.4. The SMILES string of the molecule is COc1cc(/C=C/C(=O)OCC(=O)N(C)Cc2ccccc2F)cc(OC)c1. The van der Waals surface area contributed by atoms with E-state index in [1.54, 1.807) is 36.4 Å². The normalized spacial score (nSPS) is 10.6. The highest BCUT2D eigenvalue weighted by Gasteiger charge is 2.13. The number of rotatable bonds is 8. The van der Waals surface area contributed by atoms with Gasteiger partial charge in [-0.3, -0.25) is 4.79 Å². The molecule has 0 unspecified atom stereocenters. The van der Waals surface area contributed by atoms with Gasteiger partial charge in [0.05, 0.1) is 14.2 Å². The zero-order chi connectivity index (χ0) is 20.5. The van der Waals surface area contributed by atoms with Gasteiger partial charge in [-0.05, 0) is 29.8 Å². The number of ether oxygens (including phenoxy) is 3. The molecule has 0 atom stereocenters. The molecule has 0 heterocycles. The summed E-state index contributed by atoms with van der Waals surface area (Å²) in [6.07, 6.45) is 2.74. The monoisotopic (exact) mass is 387 g/mol. The van der Waals surface area contributed by atoms with E-state index in [1.807, 2.05) is 0 Å². The fourth-order valence-electron chi connectivity index (χ4n) is 2.35. The topological polar surface area (TPSA) is 65.1 Å². The predicted molar refractivity (Wildman–Crippen MR) is 102 cm³/mol. The van der Waals surface area contributed by atoms with Crippen LogP contribution < -0.4 is 9.47 Å². The summed E-state index contributed by atoms with van der Waals surface area (Å²) in [5, 5.41) is 0. The molecular weight excluding hydrogens is 365 g/mol. The van der Waals surface area contributed by atoms with E-state index in [-0.39, 0.29) is 6.54 Å². The lowest BCUT2D eigenvalue weighted by atomic mass is 10.2. The number of hydrogen-bond donors (Lipinski definition) is 0. The zero-order valence-corrected chi connectivity index (χ0v) is 16.0. The number of halogens is 1. The number of nitrogens with zero attached hydrogens (tertiary/aromatic N) is 1. The summed E-state index contributed by atoms with van der Waals surface area (Å²) in [4.78, 5) is 25.2. The summed E-state index contributed by atoms with van der Waals surface area (Å²) in [5.74, 6) is -0.340. The summed E-state index contributed by atoms with van der Waals surface area (Å²) in [6.45, 7) is -0.349. The van der Waals surface area contributed by atoms with Crippen LogP contribution in [0.5, 0.6) is 11.5 Å². The Hall–Kier alpha value is -3.35. The van der Waals surface area contributed by atoms with Gasteiger partial charge in [0.2, 0.25) is 0 Å². The Morgan fingerprint density at radius 1 is 1.07 bits per heavy atom. The molecule has 0 fully saturated rings. The standard InChI is InChI=1S/C21H22FNO5/c1-23(13-16-6-4-5-7-19(16)22)20(24)14-28-21(25)9-8-15-10-17(26-2)12-18(11-15)27-3/h4-12H,13-14H2,1-3H3/b9-8+. The van der Waals surface area contributed by atoms with E-state index in [9.17, 15) is 14.0 Å². The van der Waals surface area contributed by atoms with E-state index < -0.39 is 24.3 Å². The van der Waals surface area contributed by atoms with E-state index in [1.165, 1.54) is 44.4 Å². The van der Waals surface area contributed by atoms with Crippen molar-refractivity contribution in [3.05, 3.63) is 65.5 Å². The Bertz CT molecular complexity index is 843. The van der Waals surface area contributed by atoms with Gasteiger partial charge in [0.15, 0.2) is 6.61 Å². The van der Waals surface area contributed by atoms with Crippen LogP contribution in [-0.2, 0) is 20.9 Å². The Kier molecular flexibility index (Phi) is 7.56. The van der Waals surface area contributed by atoms with Crippen molar-refractivity contribution in [3.8, 4) is 11.5 Å². The molecule has 2 aromatic carbocycles. The smallest absolute Gasteiger partial charge is 0.331 e. The summed E-state index contributed by atoms with van der Waals surface area (Å²) in [5.41, 5.74) is 1.06. The van der Waals surface area contributed by atoms with Crippen molar-refractivity contribution in [1.82, 2.24) is 4.90 Å². The molecule has 0 N–H and O–H groups in total. The molecule has 0 aliphatic carbocycles. The molecule has 1 amide bonds. The Balaban J connectivity index is 1.88. The summed E-state index contributed by atoms with van der Waals surface area (Å²) >= 11 is 0. The van der Waals surface area contributed by atoms with E-state index in [2.05, 4.69) is 0 Å². The van der Waals surface area contributed by atoms with Crippen LogP contribution in [0.25, 0.3) is 6.08 Å². The molecule has 2 aromatic rings. The summed E-state index contributed by atoms with van der Waals surface area (Å²) < 4.78 is 28.9. The zero-order valence-electron chi connectivity index (χ0n) is 16.0. The van der Waals surface area contributed by atoms with Crippen molar-refractivity contribution in [2.45, 2.75) is 6.54 Å². The first-order valence-corrected chi connectivity index (χ1v) is 8.48. The minimum Gasteiger partial charge on any atom is -0.497 e. The highest BCUT2D eigenvalue weighted by Crippen LogP contribution is 2.23. The maximum absolute atomic E-state index is 13.6. The van der Waals surface area contributed by atoms with Crippen LogP contribution in [0.15, 0.2) is 48.5 Å². The molecule has 0 spiro atoms. The maximum Gasteiger partial charge on any atom is 0.331 e. The third-order valence-electron chi connectivity index (χ3n) is 3.91. The van der Waals surface area contributed by atoms with Gasteiger partial charge in [-0.25, -0.2) is 9.18 Å². The third kappa shape index (κ3) is 6.12. The minimum atomic E-state index is -0.672. The summed E-state index contributed by atoms with van der Waals surface area (Å²) in [6, 6.07) is 11.3. The largest absolute Gasteiger partial charge is 0.497 e. The van der Waals surface area contributed by atoms with Crippen LogP contribution in [0.2, 0.25) is 0 Å². The lowest BCUT2D eigenvalue weighted by Crippen LogP contribution is -2.30. The quantitative estimate of drug-likeness (QED) is 0.515. The van der Waals surface area contributed by atoms with Crippen LogP contribution in [0.4, 0.5) is 4.39 Å². The van der Waals surface area contributed by atoms with Crippen LogP contribution in [0.3, 0.4) is 0 Å². The van der Waals surface area contributed by atoms with Gasteiger partial charge in [-0.1, -0.05) is 18.2 Å². The first-order valence-electron chi connectivity index (χ1n) is 8.48. The van der Waals surface area contributed by atoms with Crippen molar-refractivity contribution >= 4 is 18.0 Å². The second-order valence-electron chi connectivity index (χ2n) is 5.93. The lowest BCUT2D eigenvalue weighted by molar-refractivity contribution is -0.147. The lowest BCUT2D eigenvalue weighted by Gasteiger charge is -2.17. The van der Waals surface area contributed by atoms with Gasteiger partial charge in [-0.15, -0.1) is 0 Å². The second kappa shape index (κ2) is 10.1. The average molecular weight is 387 g/mol. The van der Waals surface area contributed by atoms with E-state index in [4.69, 9.17) is 14.2 Å². The van der Waals surface area contributed by atoms with E-state index in [0.717, 1.165) is 0 Å². The minimum absolute atomic E-state index is 0.0858. The average Bonchev–Trinajstić information content (AvgIpc) is 2.71. The van der Waals surface area contributed by atoms with Crippen molar-refractivity contribution in [2.24, 2.45) is 0 Å². The second-order valence-corrected chi connectivity index (χ2v) is 5.93. The molecule has 2 rings (SSSR count). The van der Waals surface area contributed by atoms with Gasteiger partial charge in [0, 0.05) is 31.3 Å². The third-order valence-corrected chi connectivity index (χ3v) is 3.91. The molecule has 28 heavy (non-hydrogen) atoms. The molecular formula is C21H22FNO5. The number of carbonyl (C=O) groups is 2. The number of carbonyl (C=O) groups excluding carboxylic acids is 2. The maximum atomic E-state index is 13.6. The van der Waals surface area contributed by atoms with Gasteiger partial charge < -0.3 is 19.1 Å². The molecule has 7 heteroatoms. The molecule has 6 nitrogen and oxygen atoms in total. The van der Waals surface area contributed by atoms with Gasteiger partial charge in [-0.2, -0.15) is 0 Å². The van der Waals surface area contributed by atoms with Crippen molar-refractivity contribution < 1.29 is 28.2 Å². The molecule has 0 aromatic heterocycles. The van der Waals surface area contributed by atoms with Crippen molar-refractivity contribution in [3.63, 3.8) is 0 Å². The fraction of sp³-hybridized carbons (Fsp3) is 0.238. The van der Waals surface area contributed by atoms with Crippen LogP contribution >= 0.6 is 0 Å². The Morgan fingerprint density at radius 2 is 1.71 bits per heavy atom. The van der Waals surface area contributed by atoms with E-state index >= 15 is 0 Å².